The maximum absolute atomic E-state index is 13.0. The molecular formula is C21H13ClN4O4S3. The molecule has 0 aliphatic rings. The summed E-state index contributed by atoms with van der Waals surface area (Å²) < 4.78 is 29.1. The van der Waals surface area contributed by atoms with Gasteiger partial charge in [0.05, 0.1) is 20.1 Å². The van der Waals surface area contributed by atoms with E-state index in [2.05, 4.69) is 10.3 Å². The molecule has 12 heteroatoms. The zero-order valence-electron chi connectivity index (χ0n) is 16.5. The van der Waals surface area contributed by atoms with Gasteiger partial charge in [0.1, 0.15) is 4.21 Å². The fourth-order valence-electron chi connectivity index (χ4n) is 3.27. The Morgan fingerprint density at radius 3 is 2.58 bits per heavy atom. The number of anilines is 1. The number of carbonyl (C=O) groups is 1. The van der Waals surface area contributed by atoms with E-state index in [1.807, 2.05) is 22.9 Å². The fraction of sp³-hybridized carbons (Fsp3) is 0. The summed E-state index contributed by atoms with van der Waals surface area (Å²) >= 11 is 8.08. The van der Waals surface area contributed by atoms with E-state index in [1.165, 1.54) is 28.0 Å². The molecule has 2 aromatic carbocycles. The largest absolute Gasteiger partial charge is 0.333 e. The van der Waals surface area contributed by atoms with E-state index in [0.717, 1.165) is 26.9 Å². The molecule has 0 aliphatic carbocycles. The van der Waals surface area contributed by atoms with Gasteiger partial charge in [-0.3, -0.25) is 9.36 Å². The highest BCUT2D eigenvalue weighted by molar-refractivity contribution is 7.92. The predicted molar refractivity (Wildman–Crippen MR) is 131 cm³/mol. The van der Waals surface area contributed by atoms with Crippen LogP contribution < -0.4 is 15.6 Å². The first-order chi connectivity index (χ1) is 15.8. The Labute approximate surface area is 200 Å². The molecule has 0 atom stereocenters. The van der Waals surface area contributed by atoms with Crippen LogP contribution in [-0.2, 0) is 10.0 Å². The number of halogens is 1. The SMILES string of the molecule is O=C(Nc1ccc(-n2ccc3cc4ncsc4cc3c2=O)cc1)NS(=O)(=O)c1ccc(Cl)s1. The Morgan fingerprint density at radius 2 is 1.85 bits per heavy atom. The lowest BCUT2D eigenvalue weighted by atomic mass is 10.1. The van der Waals surface area contributed by atoms with Crippen LogP contribution in [0.15, 0.2) is 75.3 Å². The summed E-state index contributed by atoms with van der Waals surface area (Å²) in [4.78, 5) is 29.5. The first-order valence-electron chi connectivity index (χ1n) is 9.38. The molecule has 0 aliphatic heterocycles. The second kappa shape index (κ2) is 8.27. The van der Waals surface area contributed by atoms with E-state index in [4.69, 9.17) is 11.6 Å². The first kappa shape index (κ1) is 21.6. The molecule has 33 heavy (non-hydrogen) atoms. The molecule has 0 unspecified atom stereocenters. The first-order valence-corrected chi connectivity index (χ1v) is 12.9. The lowest BCUT2D eigenvalue weighted by Crippen LogP contribution is -2.33. The molecule has 166 valence electrons. The van der Waals surface area contributed by atoms with Crippen LogP contribution in [-0.4, -0.2) is 24.0 Å². The highest BCUT2D eigenvalue weighted by atomic mass is 35.5. The van der Waals surface area contributed by atoms with Gasteiger partial charge < -0.3 is 5.32 Å². The number of benzene rings is 2. The molecule has 5 aromatic rings. The summed E-state index contributed by atoms with van der Waals surface area (Å²) in [5.74, 6) is 0. The molecule has 8 nitrogen and oxygen atoms in total. The van der Waals surface area contributed by atoms with Gasteiger partial charge >= 0.3 is 6.03 Å². The molecule has 0 saturated heterocycles. The van der Waals surface area contributed by atoms with E-state index >= 15 is 0 Å². The zero-order valence-corrected chi connectivity index (χ0v) is 19.7. The Bertz CT molecular complexity index is 1690. The Kier molecular flexibility index (Phi) is 5.41. The van der Waals surface area contributed by atoms with Crippen molar-refractivity contribution >= 4 is 77.0 Å². The minimum Gasteiger partial charge on any atom is -0.307 e. The van der Waals surface area contributed by atoms with E-state index in [1.54, 1.807) is 36.0 Å². The van der Waals surface area contributed by atoms with Gasteiger partial charge in [-0.1, -0.05) is 11.6 Å². The van der Waals surface area contributed by atoms with Gasteiger partial charge in [0.25, 0.3) is 15.6 Å². The van der Waals surface area contributed by atoms with Gasteiger partial charge in [-0.05, 0) is 60.0 Å². The Hall–Kier alpha value is -3.25. The Morgan fingerprint density at radius 1 is 1.06 bits per heavy atom. The molecular weight excluding hydrogens is 504 g/mol. The van der Waals surface area contributed by atoms with Gasteiger partial charge in [0.15, 0.2) is 0 Å². The number of hydrogen-bond donors (Lipinski definition) is 2. The highest BCUT2D eigenvalue weighted by Crippen LogP contribution is 2.26. The van der Waals surface area contributed by atoms with Crippen molar-refractivity contribution in [3.05, 3.63) is 81.0 Å². The van der Waals surface area contributed by atoms with Crippen LogP contribution in [0.3, 0.4) is 0 Å². The molecule has 0 fully saturated rings. The summed E-state index contributed by atoms with van der Waals surface area (Å²) in [6.45, 7) is 0. The number of fused-ring (bicyclic) bond motifs is 2. The van der Waals surface area contributed by atoms with Crippen LogP contribution in [0.1, 0.15) is 0 Å². The number of nitrogens with one attached hydrogen (secondary N) is 2. The molecule has 5 rings (SSSR count). The summed E-state index contributed by atoms with van der Waals surface area (Å²) in [6, 6.07) is 13.9. The van der Waals surface area contributed by atoms with Gasteiger partial charge in [-0.2, -0.15) is 0 Å². The summed E-state index contributed by atoms with van der Waals surface area (Å²) in [6.07, 6.45) is 1.68. The number of sulfonamides is 1. The van der Waals surface area contributed by atoms with Gasteiger partial charge in [-0.25, -0.2) is 22.9 Å². The van der Waals surface area contributed by atoms with Crippen LogP contribution in [0.2, 0.25) is 4.34 Å². The maximum Gasteiger partial charge on any atom is 0.333 e. The molecule has 2 N–H and O–H groups in total. The van der Waals surface area contributed by atoms with Crippen LogP contribution in [0.4, 0.5) is 10.5 Å². The number of aromatic nitrogens is 2. The van der Waals surface area contributed by atoms with Crippen LogP contribution in [0.5, 0.6) is 0 Å². The van der Waals surface area contributed by atoms with Gasteiger partial charge in [-0.15, -0.1) is 22.7 Å². The average Bonchev–Trinajstić information content (AvgIpc) is 3.42. The third-order valence-corrected chi connectivity index (χ3v) is 8.64. The van der Waals surface area contributed by atoms with Crippen molar-refractivity contribution < 1.29 is 13.2 Å². The van der Waals surface area contributed by atoms with Gasteiger partial charge in [0, 0.05) is 23.0 Å². The number of amides is 2. The van der Waals surface area contributed by atoms with E-state index in [-0.39, 0.29) is 9.77 Å². The molecule has 0 bridgehead atoms. The van der Waals surface area contributed by atoms with E-state index in [9.17, 15) is 18.0 Å². The molecule has 2 amide bonds. The molecule has 3 aromatic heterocycles. The number of rotatable bonds is 4. The topological polar surface area (TPSA) is 110 Å². The van der Waals surface area contributed by atoms with Gasteiger partial charge in [0.2, 0.25) is 0 Å². The number of thiophene rings is 1. The number of urea groups is 1. The quantitative estimate of drug-likeness (QED) is 0.355. The van der Waals surface area contributed by atoms with Crippen molar-refractivity contribution in [1.29, 1.82) is 0 Å². The third-order valence-electron chi connectivity index (χ3n) is 4.80. The van der Waals surface area contributed by atoms with Crippen molar-refractivity contribution in [3.8, 4) is 5.69 Å². The second-order valence-electron chi connectivity index (χ2n) is 6.92. The number of pyridine rings is 1. The lowest BCUT2D eigenvalue weighted by Gasteiger charge is -2.10. The number of thiazole rings is 1. The summed E-state index contributed by atoms with van der Waals surface area (Å²) in [5, 5.41) is 3.85. The fourth-order valence-corrected chi connectivity index (χ4v) is 6.36. The number of nitrogens with zero attached hydrogens (tertiary/aromatic N) is 2. The van der Waals surface area contributed by atoms with Crippen molar-refractivity contribution in [2.75, 3.05) is 5.32 Å². The van der Waals surface area contributed by atoms with Crippen LogP contribution >= 0.6 is 34.3 Å². The number of hydrogen-bond acceptors (Lipinski definition) is 7. The Balaban J connectivity index is 1.36. The highest BCUT2D eigenvalue weighted by Gasteiger charge is 2.19. The van der Waals surface area contributed by atoms with E-state index in [0.29, 0.717) is 21.1 Å². The normalized spacial score (nSPS) is 11.7. The molecule has 0 radical (unpaired) electrons. The third kappa shape index (κ3) is 4.23. The minimum atomic E-state index is -4.02. The van der Waals surface area contributed by atoms with Crippen LogP contribution in [0.25, 0.3) is 26.7 Å². The number of carbonyl (C=O) groups excluding carboxylic acids is 1. The molecule has 0 saturated carbocycles. The average molecular weight is 517 g/mol. The van der Waals surface area contributed by atoms with Crippen molar-refractivity contribution in [2.45, 2.75) is 4.21 Å². The monoisotopic (exact) mass is 516 g/mol. The summed E-state index contributed by atoms with van der Waals surface area (Å²) in [7, 11) is -4.02. The molecule has 0 spiro atoms. The minimum absolute atomic E-state index is 0.0655. The predicted octanol–water partition coefficient (Wildman–Crippen LogP) is 4.83. The standard InChI is InChI=1S/C21H13ClN4O4S3/c22-18-5-6-19(32-18)33(29,30)25-21(28)24-13-1-3-14(4-2-13)26-8-7-12-9-16-17(31-11-23-16)10-15(12)20(26)27/h1-11H,(H2,24,25,28). The van der Waals surface area contributed by atoms with Crippen LogP contribution in [0, 0.1) is 0 Å². The molecule has 3 heterocycles. The lowest BCUT2D eigenvalue weighted by molar-refractivity contribution is 0.256. The zero-order chi connectivity index (χ0) is 23.2. The van der Waals surface area contributed by atoms with E-state index < -0.39 is 16.1 Å². The van der Waals surface area contributed by atoms with Crippen molar-refractivity contribution in [3.63, 3.8) is 0 Å². The second-order valence-corrected chi connectivity index (χ2v) is 11.4. The maximum atomic E-state index is 13.0. The smallest absolute Gasteiger partial charge is 0.307 e. The summed E-state index contributed by atoms with van der Waals surface area (Å²) in [5.41, 5.74) is 3.36. The van der Waals surface area contributed by atoms with Crippen molar-refractivity contribution in [2.24, 2.45) is 0 Å². The van der Waals surface area contributed by atoms with Crippen molar-refractivity contribution in [1.82, 2.24) is 14.3 Å².